The largest absolute Gasteiger partial charge is 0.488 e. The second-order valence-corrected chi connectivity index (χ2v) is 4.94. The Labute approximate surface area is 109 Å². The Bertz CT molecular complexity index is 450. The summed E-state index contributed by atoms with van der Waals surface area (Å²) in [4.78, 5) is 0. The molecule has 0 spiro atoms. The van der Waals surface area contributed by atoms with E-state index in [1.165, 1.54) is 19.3 Å². The Balaban J connectivity index is 2.15. The molecule has 1 aliphatic rings. The van der Waals surface area contributed by atoms with Crippen LogP contribution < -0.4 is 10.5 Å². The van der Waals surface area contributed by atoms with Crippen molar-refractivity contribution in [2.24, 2.45) is 5.92 Å². The van der Waals surface area contributed by atoms with Crippen LogP contribution in [-0.2, 0) is 0 Å². The maximum Gasteiger partial charge on any atom is 0.143 e. The van der Waals surface area contributed by atoms with E-state index in [9.17, 15) is 0 Å². The molecule has 0 heterocycles. The average molecular weight is 244 g/mol. The Kier molecular flexibility index (Phi) is 4.09. The van der Waals surface area contributed by atoms with Gasteiger partial charge >= 0.3 is 0 Å². The third-order valence-electron chi connectivity index (χ3n) is 3.83. The topological polar surface area (TPSA) is 59.0 Å². The fourth-order valence-corrected chi connectivity index (χ4v) is 2.70. The van der Waals surface area contributed by atoms with E-state index >= 15 is 0 Å². The van der Waals surface area contributed by atoms with Crippen LogP contribution in [0.3, 0.4) is 0 Å². The molecule has 2 atom stereocenters. The van der Waals surface area contributed by atoms with Crippen molar-refractivity contribution in [1.82, 2.24) is 0 Å². The lowest BCUT2D eigenvalue weighted by atomic mass is 9.85. The molecule has 2 N–H and O–H groups in total. The lowest BCUT2D eigenvalue weighted by Gasteiger charge is -2.31. The van der Waals surface area contributed by atoms with Gasteiger partial charge in [-0.2, -0.15) is 5.26 Å². The van der Waals surface area contributed by atoms with Gasteiger partial charge in [0.1, 0.15) is 17.9 Å². The SMILES string of the molecule is CCC1CCCCC1Oc1cccc(C#N)c1N. The Morgan fingerprint density at radius 3 is 2.89 bits per heavy atom. The molecule has 1 aliphatic carbocycles. The predicted molar refractivity (Wildman–Crippen MR) is 72.2 cm³/mol. The number of para-hydroxylation sites is 1. The molecule has 1 aromatic carbocycles. The molecular weight excluding hydrogens is 224 g/mol. The van der Waals surface area contributed by atoms with Crippen molar-refractivity contribution >= 4 is 5.69 Å². The summed E-state index contributed by atoms with van der Waals surface area (Å²) in [7, 11) is 0. The van der Waals surface area contributed by atoms with Gasteiger partial charge in [-0.15, -0.1) is 0 Å². The van der Waals surface area contributed by atoms with Crippen LogP contribution in [0, 0.1) is 17.2 Å². The second kappa shape index (κ2) is 5.77. The first-order chi connectivity index (χ1) is 8.76. The maximum absolute atomic E-state index is 8.96. The monoisotopic (exact) mass is 244 g/mol. The van der Waals surface area contributed by atoms with Gasteiger partial charge in [0, 0.05) is 0 Å². The Hall–Kier alpha value is -1.69. The molecule has 96 valence electrons. The number of anilines is 1. The molecule has 3 nitrogen and oxygen atoms in total. The summed E-state index contributed by atoms with van der Waals surface area (Å²) >= 11 is 0. The summed E-state index contributed by atoms with van der Waals surface area (Å²) in [5.41, 5.74) is 6.92. The summed E-state index contributed by atoms with van der Waals surface area (Å²) in [6, 6.07) is 7.50. The fourth-order valence-electron chi connectivity index (χ4n) is 2.70. The summed E-state index contributed by atoms with van der Waals surface area (Å²) < 4.78 is 6.06. The molecular formula is C15H20N2O. The minimum Gasteiger partial charge on any atom is -0.488 e. The number of nitriles is 1. The first kappa shape index (κ1) is 12.8. The zero-order chi connectivity index (χ0) is 13.0. The van der Waals surface area contributed by atoms with Crippen LogP contribution in [0.2, 0.25) is 0 Å². The number of hydrogen-bond donors (Lipinski definition) is 1. The Morgan fingerprint density at radius 1 is 1.39 bits per heavy atom. The molecule has 0 bridgehead atoms. The van der Waals surface area contributed by atoms with Crippen molar-refractivity contribution in [1.29, 1.82) is 5.26 Å². The molecule has 2 rings (SSSR count). The highest BCUT2D eigenvalue weighted by Crippen LogP contribution is 2.33. The van der Waals surface area contributed by atoms with Gasteiger partial charge in [-0.25, -0.2) is 0 Å². The van der Waals surface area contributed by atoms with E-state index in [-0.39, 0.29) is 6.10 Å². The van der Waals surface area contributed by atoms with E-state index in [0.717, 1.165) is 12.8 Å². The van der Waals surface area contributed by atoms with Gasteiger partial charge in [-0.05, 0) is 43.7 Å². The van der Waals surface area contributed by atoms with Crippen molar-refractivity contribution in [2.75, 3.05) is 5.73 Å². The number of nitrogen functional groups attached to an aromatic ring is 1. The summed E-state index contributed by atoms with van der Waals surface area (Å²) in [5, 5.41) is 8.96. The normalized spacial score (nSPS) is 23.3. The van der Waals surface area contributed by atoms with E-state index in [1.807, 2.05) is 12.1 Å². The van der Waals surface area contributed by atoms with E-state index in [0.29, 0.717) is 22.9 Å². The fraction of sp³-hybridized carbons (Fsp3) is 0.533. The highest BCUT2D eigenvalue weighted by atomic mass is 16.5. The van der Waals surface area contributed by atoms with Crippen molar-refractivity contribution in [3.8, 4) is 11.8 Å². The Morgan fingerprint density at radius 2 is 2.17 bits per heavy atom. The van der Waals surface area contributed by atoms with Crippen LogP contribution in [0.1, 0.15) is 44.6 Å². The van der Waals surface area contributed by atoms with E-state index in [1.54, 1.807) is 6.07 Å². The summed E-state index contributed by atoms with van der Waals surface area (Å²) in [6.45, 7) is 2.21. The summed E-state index contributed by atoms with van der Waals surface area (Å²) in [6.07, 6.45) is 6.24. The van der Waals surface area contributed by atoms with Crippen LogP contribution >= 0.6 is 0 Å². The van der Waals surface area contributed by atoms with Crippen LogP contribution in [0.4, 0.5) is 5.69 Å². The molecule has 1 fully saturated rings. The van der Waals surface area contributed by atoms with Gasteiger partial charge in [-0.1, -0.05) is 19.4 Å². The summed E-state index contributed by atoms with van der Waals surface area (Å²) in [5.74, 6) is 1.28. The first-order valence-corrected chi connectivity index (χ1v) is 6.71. The number of rotatable bonds is 3. The second-order valence-electron chi connectivity index (χ2n) is 4.94. The lowest BCUT2D eigenvalue weighted by molar-refractivity contribution is 0.0911. The minimum atomic E-state index is 0.250. The highest BCUT2D eigenvalue weighted by Gasteiger charge is 2.25. The van der Waals surface area contributed by atoms with Gasteiger partial charge in [0.15, 0.2) is 0 Å². The molecule has 18 heavy (non-hydrogen) atoms. The lowest BCUT2D eigenvalue weighted by Crippen LogP contribution is -2.30. The number of benzene rings is 1. The number of nitrogens with two attached hydrogens (primary N) is 1. The van der Waals surface area contributed by atoms with Gasteiger partial charge in [0.05, 0.1) is 11.3 Å². The van der Waals surface area contributed by atoms with E-state index in [4.69, 9.17) is 15.7 Å². The highest BCUT2D eigenvalue weighted by molar-refractivity contribution is 5.63. The first-order valence-electron chi connectivity index (χ1n) is 6.71. The van der Waals surface area contributed by atoms with Crippen LogP contribution in [0.25, 0.3) is 0 Å². The molecule has 0 amide bonds. The molecule has 1 saturated carbocycles. The van der Waals surface area contributed by atoms with Gasteiger partial charge in [-0.3, -0.25) is 0 Å². The third-order valence-corrected chi connectivity index (χ3v) is 3.83. The molecule has 0 radical (unpaired) electrons. The van der Waals surface area contributed by atoms with Crippen molar-refractivity contribution < 1.29 is 4.74 Å². The standard InChI is InChI=1S/C15H20N2O/c1-2-11-6-3-4-8-13(11)18-14-9-5-7-12(10-16)15(14)17/h5,7,9,11,13H,2-4,6,8,17H2,1H3. The van der Waals surface area contributed by atoms with Crippen molar-refractivity contribution in [3.63, 3.8) is 0 Å². The molecule has 2 unspecified atom stereocenters. The van der Waals surface area contributed by atoms with Crippen LogP contribution in [0.15, 0.2) is 18.2 Å². The van der Waals surface area contributed by atoms with Gasteiger partial charge in [0.25, 0.3) is 0 Å². The quantitative estimate of drug-likeness (QED) is 0.828. The molecule has 1 aromatic rings. The zero-order valence-electron chi connectivity index (χ0n) is 10.9. The number of hydrogen-bond acceptors (Lipinski definition) is 3. The average Bonchev–Trinajstić information content (AvgIpc) is 2.42. The van der Waals surface area contributed by atoms with Gasteiger partial charge in [0.2, 0.25) is 0 Å². The number of nitrogens with zero attached hydrogens (tertiary/aromatic N) is 1. The van der Waals surface area contributed by atoms with Crippen LogP contribution in [0.5, 0.6) is 5.75 Å². The van der Waals surface area contributed by atoms with Crippen molar-refractivity contribution in [2.45, 2.75) is 45.1 Å². The van der Waals surface area contributed by atoms with Crippen molar-refractivity contribution in [3.05, 3.63) is 23.8 Å². The third kappa shape index (κ3) is 2.59. The van der Waals surface area contributed by atoms with E-state index < -0.39 is 0 Å². The molecule has 3 heteroatoms. The minimum absolute atomic E-state index is 0.250. The smallest absolute Gasteiger partial charge is 0.143 e. The van der Waals surface area contributed by atoms with E-state index in [2.05, 4.69) is 13.0 Å². The van der Waals surface area contributed by atoms with Crippen LogP contribution in [-0.4, -0.2) is 6.10 Å². The van der Waals surface area contributed by atoms with Gasteiger partial charge < -0.3 is 10.5 Å². The predicted octanol–water partition coefficient (Wildman–Crippen LogP) is 3.49. The maximum atomic E-state index is 8.96. The molecule has 0 saturated heterocycles. The molecule has 0 aliphatic heterocycles. The number of ether oxygens (including phenoxy) is 1. The zero-order valence-corrected chi connectivity index (χ0v) is 10.9. The molecule has 0 aromatic heterocycles.